The number of guanidine groups is 1. The molecule has 2 N–H and O–H groups in total. The Morgan fingerprint density at radius 2 is 1.81 bits per heavy atom. The van der Waals surface area contributed by atoms with Crippen LogP contribution in [0.5, 0.6) is 0 Å². The normalized spacial score (nSPS) is 11.1. The topological polar surface area (TPSA) is 87.6 Å². The first-order chi connectivity index (χ1) is 12.6. The van der Waals surface area contributed by atoms with Crippen molar-refractivity contribution in [1.82, 2.24) is 10.4 Å². The highest BCUT2D eigenvalue weighted by Gasteiger charge is 1.99. The van der Waals surface area contributed by atoms with Crippen molar-refractivity contribution in [2.24, 2.45) is 10.2 Å². The predicted octanol–water partition coefficient (Wildman–Crippen LogP) is 3.70. The molecule has 0 unspecified atom stereocenters. The van der Waals surface area contributed by atoms with Gasteiger partial charge in [-0.15, -0.1) is 0 Å². The fourth-order valence-corrected chi connectivity index (χ4v) is 1.92. The molecule has 0 saturated heterocycles. The van der Waals surface area contributed by atoms with Gasteiger partial charge < -0.3 is 0 Å². The summed E-state index contributed by atoms with van der Waals surface area (Å²) in [6.45, 7) is 0. The maximum absolute atomic E-state index is 8.75. The van der Waals surface area contributed by atoms with Crippen LogP contribution in [0.25, 0.3) is 6.08 Å². The maximum Gasteiger partial charge on any atom is 0.232 e. The molecule has 0 fully saturated rings. The molecule has 0 aliphatic carbocycles. The molecule has 0 saturated carbocycles. The first-order valence-corrected chi connectivity index (χ1v) is 8.04. The van der Waals surface area contributed by atoms with Gasteiger partial charge in [0.1, 0.15) is 0 Å². The molecule has 0 aromatic heterocycles. The number of halogens is 1. The lowest BCUT2D eigenvalue weighted by Crippen LogP contribution is -2.31. The molecule has 0 atom stereocenters. The molecule has 0 heterocycles. The summed E-state index contributed by atoms with van der Waals surface area (Å²) in [5, 5.41) is 26.7. The Morgan fingerprint density at radius 3 is 2.46 bits per heavy atom. The molecular weight excluding hydrogens is 348 g/mol. The van der Waals surface area contributed by atoms with E-state index < -0.39 is 0 Å². The minimum Gasteiger partial charge on any atom is -0.266 e. The van der Waals surface area contributed by atoms with E-state index in [2.05, 4.69) is 21.7 Å². The third-order valence-electron chi connectivity index (χ3n) is 3.23. The van der Waals surface area contributed by atoms with Gasteiger partial charge in [0.05, 0.1) is 17.8 Å². The lowest BCUT2D eigenvalue weighted by atomic mass is 10.1. The van der Waals surface area contributed by atoms with Crippen molar-refractivity contribution in [3.8, 4) is 6.07 Å². The van der Waals surface area contributed by atoms with Crippen molar-refractivity contribution in [2.45, 2.75) is 0 Å². The smallest absolute Gasteiger partial charge is 0.232 e. The van der Waals surface area contributed by atoms with E-state index in [1.54, 1.807) is 43.6 Å². The van der Waals surface area contributed by atoms with E-state index in [4.69, 9.17) is 22.3 Å². The lowest BCUT2D eigenvalue weighted by molar-refractivity contribution is 0.518. The van der Waals surface area contributed by atoms with E-state index in [0.717, 1.165) is 11.1 Å². The number of allylic oxidation sites excluding steroid dienone is 1. The van der Waals surface area contributed by atoms with E-state index in [1.165, 1.54) is 11.2 Å². The number of hydrogen-bond acceptors (Lipinski definition) is 4. The Morgan fingerprint density at radius 1 is 1.15 bits per heavy atom. The van der Waals surface area contributed by atoms with Crippen LogP contribution >= 0.6 is 11.6 Å². The standard InChI is InChI=1S/C19H17ClN6/c1-26(24-14-17-8-10-18(20)11-9-17)19(22)25-23-12-2-3-15-4-6-16(13-21)7-5-15/h2-12,14H,1H3,(H2,22,25)/b3-2+,23-12?,24-14?. The number of hydrogen-bond donors (Lipinski definition) is 2. The average Bonchev–Trinajstić information content (AvgIpc) is 2.67. The van der Waals surface area contributed by atoms with Crippen LogP contribution in [0.4, 0.5) is 0 Å². The SMILES string of the molecule is CN(N=Cc1ccc(Cl)cc1)C(=N)NN=C/C=C/c1ccc(C#N)cc1. The fraction of sp³-hybridized carbons (Fsp3) is 0.0526. The van der Waals surface area contributed by atoms with Crippen LogP contribution in [-0.4, -0.2) is 30.4 Å². The summed E-state index contributed by atoms with van der Waals surface area (Å²) in [5.41, 5.74) is 5.03. The Bertz CT molecular complexity index is 860. The van der Waals surface area contributed by atoms with Gasteiger partial charge in [0, 0.05) is 18.3 Å². The fourth-order valence-electron chi connectivity index (χ4n) is 1.80. The number of benzene rings is 2. The molecule has 0 radical (unpaired) electrons. The summed E-state index contributed by atoms with van der Waals surface area (Å²) in [6.07, 6.45) is 6.74. The second-order valence-corrected chi connectivity index (χ2v) is 5.59. The maximum atomic E-state index is 8.75. The Balaban J connectivity index is 1.80. The molecule has 2 rings (SSSR count). The second kappa shape index (κ2) is 9.77. The Labute approximate surface area is 157 Å². The van der Waals surface area contributed by atoms with Crippen LogP contribution in [0.2, 0.25) is 5.02 Å². The first-order valence-electron chi connectivity index (χ1n) is 7.66. The summed E-state index contributed by atoms with van der Waals surface area (Å²) < 4.78 is 0. The quantitative estimate of drug-likeness (QED) is 0.481. The minimum absolute atomic E-state index is 0.0261. The molecule has 0 aliphatic rings. The molecule has 0 bridgehead atoms. The number of nitrogens with one attached hydrogen (secondary N) is 2. The van der Waals surface area contributed by atoms with Crippen LogP contribution in [0.3, 0.4) is 0 Å². The Hall–Kier alpha value is -3.43. The molecule has 2 aromatic carbocycles. The van der Waals surface area contributed by atoms with Crippen molar-refractivity contribution in [3.05, 3.63) is 76.3 Å². The molecule has 26 heavy (non-hydrogen) atoms. The number of rotatable bonds is 5. The van der Waals surface area contributed by atoms with Crippen molar-refractivity contribution in [1.29, 1.82) is 10.7 Å². The zero-order chi connectivity index (χ0) is 18.8. The molecule has 7 heteroatoms. The molecule has 0 aliphatic heterocycles. The van der Waals surface area contributed by atoms with E-state index in [0.29, 0.717) is 10.6 Å². The van der Waals surface area contributed by atoms with Crippen molar-refractivity contribution in [3.63, 3.8) is 0 Å². The van der Waals surface area contributed by atoms with Crippen LogP contribution in [-0.2, 0) is 0 Å². The van der Waals surface area contributed by atoms with E-state index in [-0.39, 0.29) is 5.96 Å². The second-order valence-electron chi connectivity index (χ2n) is 5.15. The minimum atomic E-state index is 0.0261. The van der Waals surface area contributed by atoms with Crippen molar-refractivity contribution in [2.75, 3.05) is 7.05 Å². The van der Waals surface area contributed by atoms with Gasteiger partial charge in [-0.1, -0.05) is 41.9 Å². The van der Waals surface area contributed by atoms with Gasteiger partial charge in [-0.2, -0.15) is 15.5 Å². The molecule has 0 spiro atoms. The van der Waals surface area contributed by atoms with Gasteiger partial charge in [0.15, 0.2) is 0 Å². The van der Waals surface area contributed by atoms with Crippen LogP contribution in [0.1, 0.15) is 16.7 Å². The van der Waals surface area contributed by atoms with Gasteiger partial charge in [0.2, 0.25) is 5.96 Å². The van der Waals surface area contributed by atoms with Crippen molar-refractivity contribution >= 4 is 36.1 Å². The summed E-state index contributed by atoms with van der Waals surface area (Å²) in [7, 11) is 1.64. The summed E-state index contributed by atoms with van der Waals surface area (Å²) in [6, 6.07) is 16.5. The summed E-state index contributed by atoms with van der Waals surface area (Å²) >= 11 is 5.83. The molecule has 0 amide bonds. The monoisotopic (exact) mass is 364 g/mol. The Kier molecular flexibility index (Phi) is 7.10. The third-order valence-corrected chi connectivity index (χ3v) is 3.49. The van der Waals surface area contributed by atoms with Crippen LogP contribution < -0.4 is 5.43 Å². The van der Waals surface area contributed by atoms with Gasteiger partial charge >= 0.3 is 0 Å². The molecule has 2 aromatic rings. The van der Waals surface area contributed by atoms with Crippen molar-refractivity contribution < 1.29 is 0 Å². The van der Waals surface area contributed by atoms with Gasteiger partial charge in [0.25, 0.3) is 0 Å². The molecule has 130 valence electrons. The first kappa shape index (κ1) is 18.9. The van der Waals surface area contributed by atoms with Gasteiger partial charge in [-0.25, -0.2) is 10.4 Å². The van der Waals surface area contributed by atoms with Crippen LogP contribution in [0.15, 0.2) is 64.8 Å². The molecule has 6 nitrogen and oxygen atoms in total. The number of nitrogens with zero attached hydrogens (tertiary/aromatic N) is 4. The highest BCUT2D eigenvalue weighted by atomic mass is 35.5. The summed E-state index contributed by atoms with van der Waals surface area (Å²) in [5.74, 6) is 0.0261. The lowest BCUT2D eigenvalue weighted by Gasteiger charge is -2.12. The summed E-state index contributed by atoms with van der Waals surface area (Å²) in [4.78, 5) is 0. The highest BCUT2D eigenvalue weighted by molar-refractivity contribution is 6.30. The van der Waals surface area contributed by atoms with E-state index >= 15 is 0 Å². The van der Waals surface area contributed by atoms with Gasteiger partial charge in [-0.05, 0) is 41.5 Å². The molecular formula is C19H17ClN6. The zero-order valence-corrected chi connectivity index (χ0v) is 14.9. The van der Waals surface area contributed by atoms with Gasteiger partial charge in [-0.3, -0.25) is 5.41 Å². The van der Waals surface area contributed by atoms with E-state index in [9.17, 15) is 0 Å². The average molecular weight is 365 g/mol. The van der Waals surface area contributed by atoms with Crippen LogP contribution in [0, 0.1) is 16.7 Å². The predicted molar refractivity (Wildman–Crippen MR) is 106 cm³/mol. The third kappa shape index (κ3) is 6.23. The number of nitriles is 1. The number of hydrazone groups is 2. The zero-order valence-electron chi connectivity index (χ0n) is 14.1. The largest absolute Gasteiger partial charge is 0.266 e. The van der Waals surface area contributed by atoms with E-state index in [1.807, 2.05) is 30.3 Å². The highest BCUT2D eigenvalue weighted by Crippen LogP contribution is 2.08.